The Morgan fingerprint density at radius 3 is 2.25 bits per heavy atom. The number of halogens is 2. The Bertz CT molecular complexity index is 1010. The van der Waals surface area contributed by atoms with Crippen LogP contribution in [-0.2, 0) is 6.54 Å². The molecule has 3 aromatic carbocycles. The zero-order chi connectivity index (χ0) is 20.1. The predicted molar refractivity (Wildman–Crippen MR) is 103 cm³/mol. The van der Waals surface area contributed by atoms with E-state index in [2.05, 4.69) is 10.6 Å². The summed E-state index contributed by atoms with van der Waals surface area (Å²) < 4.78 is 27.6. The molecule has 0 spiro atoms. The number of amides is 2. The largest absolute Gasteiger partial charge is 0.348 e. The fourth-order valence-corrected chi connectivity index (χ4v) is 2.79. The Morgan fingerprint density at radius 1 is 0.857 bits per heavy atom. The summed E-state index contributed by atoms with van der Waals surface area (Å²) >= 11 is 0. The van der Waals surface area contributed by atoms with E-state index in [9.17, 15) is 18.4 Å². The van der Waals surface area contributed by atoms with Crippen LogP contribution in [0.3, 0.4) is 0 Å². The van der Waals surface area contributed by atoms with Gasteiger partial charge in [-0.25, -0.2) is 8.78 Å². The van der Waals surface area contributed by atoms with Gasteiger partial charge in [0.05, 0.1) is 11.3 Å². The second-order valence-electron chi connectivity index (χ2n) is 6.27. The Morgan fingerprint density at radius 2 is 1.54 bits per heavy atom. The maximum atomic E-state index is 13.8. The van der Waals surface area contributed by atoms with E-state index in [1.807, 2.05) is 31.2 Å². The van der Waals surface area contributed by atoms with E-state index in [1.54, 1.807) is 12.1 Å². The van der Waals surface area contributed by atoms with Crippen molar-refractivity contribution in [1.29, 1.82) is 0 Å². The number of rotatable bonds is 5. The fourth-order valence-electron chi connectivity index (χ4n) is 2.79. The van der Waals surface area contributed by atoms with Crippen LogP contribution >= 0.6 is 0 Å². The van der Waals surface area contributed by atoms with Crippen molar-refractivity contribution in [2.75, 3.05) is 5.32 Å². The first-order valence-corrected chi connectivity index (χ1v) is 8.64. The van der Waals surface area contributed by atoms with E-state index in [1.165, 1.54) is 18.2 Å². The molecule has 4 nitrogen and oxygen atoms in total. The number of carbonyl (C=O) groups excluding carboxylic acids is 2. The number of carbonyl (C=O) groups is 2. The summed E-state index contributed by atoms with van der Waals surface area (Å²) in [6, 6.07) is 17.1. The summed E-state index contributed by atoms with van der Waals surface area (Å²) in [5, 5.41) is 5.20. The highest BCUT2D eigenvalue weighted by Gasteiger charge is 2.19. The van der Waals surface area contributed by atoms with E-state index in [0.717, 1.165) is 23.3 Å². The third-order valence-electron chi connectivity index (χ3n) is 4.15. The average Bonchev–Trinajstić information content (AvgIpc) is 2.66. The SMILES string of the molecule is Cc1cccc(CNC(=O)c2ccccc2NC(=O)c2c(F)cccc2F)c1. The molecule has 6 heteroatoms. The molecule has 0 atom stereocenters. The molecule has 0 aliphatic heterocycles. The molecule has 0 aliphatic rings. The Labute approximate surface area is 161 Å². The van der Waals surface area contributed by atoms with Gasteiger partial charge < -0.3 is 10.6 Å². The van der Waals surface area contributed by atoms with Crippen molar-refractivity contribution in [2.24, 2.45) is 0 Å². The molecule has 28 heavy (non-hydrogen) atoms. The molecule has 3 rings (SSSR count). The minimum atomic E-state index is -0.973. The molecular formula is C22H18F2N2O2. The van der Waals surface area contributed by atoms with Crippen LogP contribution < -0.4 is 10.6 Å². The number of nitrogens with one attached hydrogen (secondary N) is 2. The van der Waals surface area contributed by atoms with Crippen LogP contribution in [-0.4, -0.2) is 11.8 Å². The molecule has 0 saturated carbocycles. The molecule has 3 aromatic rings. The van der Waals surface area contributed by atoms with Crippen molar-refractivity contribution in [3.8, 4) is 0 Å². The highest BCUT2D eigenvalue weighted by atomic mass is 19.1. The van der Waals surface area contributed by atoms with Gasteiger partial charge in [-0.2, -0.15) is 0 Å². The standard InChI is InChI=1S/C22H18F2N2O2/c1-14-6-4-7-15(12-14)13-25-21(27)16-8-2-3-11-19(16)26-22(28)20-17(23)9-5-10-18(20)24/h2-12H,13H2,1H3,(H,25,27)(H,26,28). The number of hydrogen-bond acceptors (Lipinski definition) is 2. The van der Waals surface area contributed by atoms with E-state index in [0.29, 0.717) is 6.54 Å². The minimum absolute atomic E-state index is 0.164. The predicted octanol–water partition coefficient (Wildman–Crippen LogP) is 4.46. The third kappa shape index (κ3) is 4.40. The summed E-state index contributed by atoms with van der Waals surface area (Å²) in [6.45, 7) is 2.27. The van der Waals surface area contributed by atoms with Gasteiger partial charge in [-0.15, -0.1) is 0 Å². The van der Waals surface area contributed by atoms with Crippen LogP contribution in [0.4, 0.5) is 14.5 Å². The van der Waals surface area contributed by atoms with Crippen molar-refractivity contribution in [2.45, 2.75) is 13.5 Å². The molecule has 2 N–H and O–H groups in total. The Kier molecular flexibility index (Phi) is 5.79. The van der Waals surface area contributed by atoms with Gasteiger partial charge in [0.15, 0.2) is 0 Å². The zero-order valence-electron chi connectivity index (χ0n) is 15.1. The summed E-state index contributed by atoms with van der Waals surface area (Å²) in [4.78, 5) is 24.9. The van der Waals surface area contributed by atoms with E-state index in [4.69, 9.17) is 0 Å². The first-order chi connectivity index (χ1) is 13.5. The minimum Gasteiger partial charge on any atom is -0.348 e. The molecule has 0 aromatic heterocycles. The monoisotopic (exact) mass is 380 g/mol. The van der Waals surface area contributed by atoms with Gasteiger partial charge in [0.25, 0.3) is 11.8 Å². The van der Waals surface area contributed by atoms with Crippen LogP contribution in [0.2, 0.25) is 0 Å². The molecule has 0 saturated heterocycles. The van der Waals surface area contributed by atoms with E-state index in [-0.39, 0.29) is 11.3 Å². The van der Waals surface area contributed by atoms with Gasteiger partial charge in [-0.05, 0) is 36.8 Å². The van der Waals surface area contributed by atoms with Gasteiger partial charge in [-0.3, -0.25) is 9.59 Å². The number of aryl methyl sites for hydroxylation is 1. The quantitative estimate of drug-likeness (QED) is 0.687. The lowest BCUT2D eigenvalue weighted by Gasteiger charge is -2.12. The molecule has 0 unspecified atom stereocenters. The topological polar surface area (TPSA) is 58.2 Å². The zero-order valence-corrected chi connectivity index (χ0v) is 15.1. The molecule has 0 heterocycles. The Balaban J connectivity index is 1.77. The molecule has 0 aliphatic carbocycles. The molecule has 142 valence electrons. The van der Waals surface area contributed by atoms with Crippen LogP contribution in [0.15, 0.2) is 66.7 Å². The van der Waals surface area contributed by atoms with Crippen LogP contribution in [0.25, 0.3) is 0 Å². The lowest BCUT2D eigenvalue weighted by Crippen LogP contribution is -2.25. The fraction of sp³-hybridized carbons (Fsp3) is 0.0909. The second-order valence-corrected chi connectivity index (χ2v) is 6.27. The second kappa shape index (κ2) is 8.43. The van der Waals surface area contributed by atoms with Crippen LogP contribution in [0, 0.1) is 18.6 Å². The number of benzene rings is 3. The molecule has 0 radical (unpaired) electrons. The summed E-state index contributed by atoms with van der Waals surface area (Å²) in [6.07, 6.45) is 0. The van der Waals surface area contributed by atoms with Crippen molar-refractivity contribution in [3.63, 3.8) is 0 Å². The van der Waals surface area contributed by atoms with Crippen molar-refractivity contribution < 1.29 is 18.4 Å². The maximum Gasteiger partial charge on any atom is 0.261 e. The molecular weight excluding hydrogens is 362 g/mol. The number of anilines is 1. The van der Waals surface area contributed by atoms with Crippen LogP contribution in [0.1, 0.15) is 31.8 Å². The lowest BCUT2D eigenvalue weighted by atomic mass is 10.1. The number of hydrogen-bond donors (Lipinski definition) is 2. The summed E-state index contributed by atoms with van der Waals surface area (Å²) in [5.74, 6) is -3.32. The van der Waals surface area contributed by atoms with Gasteiger partial charge in [0, 0.05) is 6.54 Å². The van der Waals surface area contributed by atoms with E-state index < -0.39 is 29.0 Å². The molecule has 2 amide bonds. The smallest absolute Gasteiger partial charge is 0.261 e. The summed E-state index contributed by atoms with van der Waals surface area (Å²) in [5.41, 5.74) is 1.67. The average molecular weight is 380 g/mol. The van der Waals surface area contributed by atoms with Gasteiger partial charge in [0.2, 0.25) is 0 Å². The van der Waals surface area contributed by atoms with E-state index >= 15 is 0 Å². The van der Waals surface area contributed by atoms with Crippen molar-refractivity contribution in [1.82, 2.24) is 5.32 Å². The van der Waals surface area contributed by atoms with Crippen molar-refractivity contribution >= 4 is 17.5 Å². The molecule has 0 fully saturated rings. The van der Waals surface area contributed by atoms with Gasteiger partial charge in [0.1, 0.15) is 17.2 Å². The molecule has 0 bridgehead atoms. The van der Waals surface area contributed by atoms with Crippen LogP contribution in [0.5, 0.6) is 0 Å². The Hall–Kier alpha value is -3.54. The normalized spacial score (nSPS) is 10.4. The maximum absolute atomic E-state index is 13.8. The highest BCUT2D eigenvalue weighted by molar-refractivity contribution is 6.09. The first-order valence-electron chi connectivity index (χ1n) is 8.64. The van der Waals surface area contributed by atoms with Gasteiger partial charge >= 0.3 is 0 Å². The van der Waals surface area contributed by atoms with Gasteiger partial charge in [-0.1, -0.05) is 48.0 Å². The highest BCUT2D eigenvalue weighted by Crippen LogP contribution is 2.19. The third-order valence-corrected chi connectivity index (χ3v) is 4.15. The summed E-state index contributed by atoms with van der Waals surface area (Å²) in [7, 11) is 0. The van der Waals surface area contributed by atoms with Crippen molar-refractivity contribution in [3.05, 3.63) is 101 Å². The number of para-hydroxylation sites is 1. The first kappa shape index (κ1) is 19.2. The lowest BCUT2D eigenvalue weighted by molar-refractivity contribution is 0.0951.